The molecule has 0 unspecified atom stereocenters. The molecule has 5 heteroatoms. The van der Waals surface area contributed by atoms with Crippen molar-refractivity contribution in [1.29, 1.82) is 0 Å². The maximum atomic E-state index is 11.9. The maximum Gasteiger partial charge on any atom is 0.280 e. The second-order valence-corrected chi connectivity index (χ2v) is 4.60. The van der Waals surface area contributed by atoms with Crippen LogP contribution < -0.4 is 10.2 Å². The van der Waals surface area contributed by atoms with Crippen molar-refractivity contribution in [1.82, 2.24) is 10.4 Å². The molecule has 2 aromatic rings. The molecule has 0 bridgehead atoms. The number of nitrogens with zero attached hydrogens (tertiary/aromatic N) is 2. The Balaban J connectivity index is 1.87. The van der Waals surface area contributed by atoms with Crippen LogP contribution in [-0.2, 0) is 4.79 Å². The summed E-state index contributed by atoms with van der Waals surface area (Å²) in [5.74, 6) is 0.352. The third-order valence-corrected chi connectivity index (χ3v) is 2.74. The van der Waals surface area contributed by atoms with E-state index in [1.165, 1.54) is 6.21 Å². The van der Waals surface area contributed by atoms with Gasteiger partial charge in [-0.2, -0.15) is 5.10 Å². The Kier molecular flexibility index (Phi) is 5.04. The Labute approximate surface area is 123 Å². The lowest BCUT2D eigenvalue weighted by molar-refractivity contribution is -0.127. The van der Waals surface area contributed by atoms with Gasteiger partial charge in [-0.15, -0.1) is 0 Å². The molecule has 1 atom stereocenters. The Morgan fingerprint density at radius 2 is 2.24 bits per heavy atom. The molecule has 0 saturated heterocycles. The standard InChI is InChI=1S/C16H17N3O2/c1-12-5-3-7-15(9-12)21-13(2)16(20)19-18-11-14-6-4-8-17-10-14/h3-11,13H,1-2H3,(H,19,20)/t13-/m1/s1. The molecule has 1 aromatic carbocycles. The molecule has 1 amide bonds. The Hall–Kier alpha value is -2.69. The van der Waals surface area contributed by atoms with E-state index in [2.05, 4.69) is 15.5 Å². The molecule has 0 aliphatic heterocycles. The summed E-state index contributed by atoms with van der Waals surface area (Å²) in [5.41, 5.74) is 4.33. The summed E-state index contributed by atoms with van der Waals surface area (Å²) < 4.78 is 5.56. The largest absolute Gasteiger partial charge is 0.481 e. The predicted molar refractivity (Wildman–Crippen MR) is 81.2 cm³/mol. The van der Waals surface area contributed by atoms with Gasteiger partial charge in [0.25, 0.3) is 5.91 Å². The highest BCUT2D eigenvalue weighted by Gasteiger charge is 2.13. The highest BCUT2D eigenvalue weighted by Crippen LogP contribution is 2.14. The van der Waals surface area contributed by atoms with E-state index in [1.807, 2.05) is 37.3 Å². The fourth-order valence-electron chi connectivity index (χ4n) is 1.66. The molecule has 0 aliphatic carbocycles. The number of benzene rings is 1. The molecule has 0 spiro atoms. The van der Waals surface area contributed by atoms with Gasteiger partial charge in [0.2, 0.25) is 0 Å². The fourth-order valence-corrected chi connectivity index (χ4v) is 1.66. The van der Waals surface area contributed by atoms with Gasteiger partial charge in [0, 0.05) is 18.0 Å². The number of hydrogen-bond donors (Lipinski definition) is 1. The zero-order chi connectivity index (χ0) is 15.1. The first-order valence-electron chi connectivity index (χ1n) is 6.61. The molecule has 2 rings (SSSR count). The summed E-state index contributed by atoms with van der Waals surface area (Å²) >= 11 is 0. The van der Waals surface area contributed by atoms with Crippen LogP contribution in [0.2, 0.25) is 0 Å². The average molecular weight is 283 g/mol. The third-order valence-electron chi connectivity index (χ3n) is 2.74. The molecular weight excluding hydrogens is 266 g/mol. The molecule has 21 heavy (non-hydrogen) atoms. The van der Waals surface area contributed by atoms with Crippen molar-refractivity contribution >= 4 is 12.1 Å². The molecule has 108 valence electrons. The highest BCUT2D eigenvalue weighted by atomic mass is 16.5. The summed E-state index contributed by atoms with van der Waals surface area (Å²) in [4.78, 5) is 15.8. The minimum absolute atomic E-state index is 0.309. The minimum atomic E-state index is -0.627. The van der Waals surface area contributed by atoms with Crippen LogP contribution in [0.25, 0.3) is 0 Å². The van der Waals surface area contributed by atoms with Crippen molar-refractivity contribution < 1.29 is 9.53 Å². The second kappa shape index (κ2) is 7.19. The zero-order valence-electron chi connectivity index (χ0n) is 12.0. The van der Waals surface area contributed by atoms with Crippen LogP contribution in [0.5, 0.6) is 5.75 Å². The van der Waals surface area contributed by atoms with E-state index >= 15 is 0 Å². The first-order chi connectivity index (χ1) is 10.1. The number of amides is 1. The van der Waals surface area contributed by atoms with Gasteiger partial charge in [0.15, 0.2) is 6.10 Å². The number of aromatic nitrogens is 1. The maximum absolute atomic E-state index is 11.9. The Bertz CT molecular complexity index is 626. The number of carbonyl (C=O) groups excluding carboxylic acids is 1. The first kappa shape index (κ1) is 14.7. The Morgan fingerprint density at radius 1 is 1.38 bits per heavy atom. The number of pyridine rings is 1. The normalized spacial score (nSPS) is 12.1. The lowest BCUT2D eigenvalue weighted by Crippen LogP contribution is -2.33. The highest BCUT2D eigenvalue weighted by molar-refractivity contribution is 5.84. The van der Waals surface area contributed by atoms with Crippen LogP contribution in [0.15, 0.2) is 53.9 Å². The SMILES string of the molecule is Cc1cccc(O[C@H](C)C(=O)NN=Cc2cccnc2)c1. The van der Waals surface area contributed by atoms with E-state index in [0.717, 1.165) is 11.1 Å². The number of hydrazone groups is 1. The van der Waals surface area contributed by atoms with Gasteiger partial charge in [0.05, 0.1) is 6.21 Å². The molecule has 1 aromatic heterocycles. The number of hydrogen-bond acceptors (Lipinski definition) is 4. The summed E-state index contributed by atoms with van der Waals surface area (Å²) in [7, 11) is 0. The molecule has 5 nitrogen and oxygen atoms in total. The number of ether oxygens (including phenoxy) is 1. The van der Waals surface area contributed by atoms with E-state index in [9.17, 15) is 4.79 Å². The van der Waals surface area contributed by atoms with Gasteiger partial charge in [-0.05, 0) is 37.6 Å². The topological polar surface area (TPSA) is 63.6 Å². The van der Waals surface area contributed by atoms with Crippen molar-refractivity contribution in [3.05, 3.63) is 59.9 Å². The lowest BCUT2D eigenvalue weighted by Gasteiger charge is -2.13. The van der Waals surface area contributed by atoms with Crippen molar-refractivity contribution in [2.45, 2.75) is 20.0 Å². The second-order valence-electron chi connectivity index (χ2n) is 4.60. The fraction of sp³-hybridized carbons (Fsp3) is 0.188. The van der Waals surface area contributed by atoms with E-state index in [-0.39, 0.29) is 5.91 Å². The van der Waals surface area contributed by atoms with Gasteiger partial charge in [-0.3, -0.25) is 9.78 Å². The predicted octanol–water partition coefficient (Wildman–Crippen LogP) is 2.31. The molecule has 1 heterocycles. The monoisotopic (exact) mass is 283 g/mol. The van der Waals surface area contributed by atoms with Crippen LogP contribution in [0.4, 0.5) is 0 Å². The quantitative estimate of drug-likeness (QED) is 0.676. The van der Waals surface area contributed by atoms with Crippen molar-refractivity contribution in [2.24, 2.45) is 5.10 Å². The van der Waals surface area contributed by atoms with Crippen LogP contribution in [0.1, 0.15) is 18.1 Å². The minimum Gasteiger partial charge on any atom is -0.481 e. The molecule has 1 N–H and O–H groups in total. The molecule has 0 saturated carbocycles. The smallest absolute Gasteiger partial charge is 0.280 e. The van der Waals surface area contributed by atoms with Gasteiger partial charge < -0.3 is 4.74 Å². The van der Waals surface area contributed by atoms with Gasteiger partial charge >= 0.3 is 0 Å². The van der Waals surface area contributed by atoms with Crippen LogP contribution in [0.3, 0.4) is 0 Å². The van der Waals surface area contributed by atoms with Crippen molar-refractivity contribution in [2.75, 3.05) is 0 Å². The lowest BCUT2D eigenvalue weighted by atomic mass is 10.2. The first-order valence-corrected chi connectivity index (χ1v) is 6.61. The van der Waals surface area contributed by atoms with Gasteiger partial charge in [0.1, 0.15) is 5.75 Å². The molecule has 0 aliphatic rings. The van der Waals surface area contributed by atoms with Gasteiger partial charge in [-0.25, -0.2) is 5.43 Å². The van der Waals surface area contributed by atoms with Gasteiger partial charge in [-0.1, -0.05) is 18.2 Å². The van der Waals surface area contributed by atoms with E-state index < -0.39 is 6.10 Å². The summed E-state index contributed by atoms with van der Waals surface area (Å²) in [6.07, 6.45) is 4.23. The number of carbonyl (C=O) groups is 1. The number of aryl methyl sites for hydroxylation is 1. The summed E-state index contributed by atoms with van der Waals surface area (Å²) in [6, 6.07) is 11.2. The van der Waals surface area contributed by atoms with Crippen molar-refractivity contribution in [3.8, 4) is 5.75 Å². The summed E-state index contributed by atoms with van der Waals surface area (Å²) in [5, 5.41) is 3.88. The van der Waals surface area contributed by atoms with Crippen LogP contribution in [0, 0.1) is 6.92 Å². The van der Waals surface area contributed by atoms with E-state index in [0.29, 0.717) is 5.75 Å². The number of rotatable bonds is 5. The zero-order valence-corrected chi connectivity index (χ0v) is 12.0. The molecular formula is C16H17N3O2. The average Bonchev–Trinajstić information content (AvgIpc) is 2.48. The molecule has 0 radical (unpaired) electrons. The van der Waals surface area contributed by atoms with Crippen LogP contribution >= 0.6 is 0 Å². The number of nitrogens with one attached hydrogen (secondary N) is 1. The summed E-state index contributed by atoms with van der Waals surface area (Å²) in [6.45, 7) is 3.65. The molecule has 0 fully saturated rings. The Morgan fingerprint density at radius 3 is 2.95 bits per heavy atom. The van der Waals surface area contributed by atoms with E-state index in [4.69, 9.17) is 4.74 Å². The van der Waals surface area contributed by atoms with E-state index in [1.54, 1.807) is 25.4 Å². The van der Waals surface area contributed by atoms with Crippen LogP contribution in [-0.4, -0.2) is 23.2 Å². The third kappa shape index (κ3) is 4.72. The van der Waals surface area contributed by atoms with Crippen molar-refractivity contribution in [3.63, 3.8) is 0 Å².